The summed E-state index contributed by atoms with van der Waals surface area (Å²) in [6.07, 6.45) is 6.76. The van der Waals surface area contributed by atoms with Crippen LogP contribution in [0.5, 0.6) is 0 Å². The van der Waals surface area contributed by atoms with Gasteiger partial charge in [0.1, 0.15) is 0 Å². The molecule has 1 unspecified atom stereocenters. The fraction of sp³-hybridized carbons (Fsp3) is 1.00. The minimum absolute atomic E-state index is 0.449. The molecule has 0 bridgehead atoms. The second kappa shape index (κ2) is 6.49. The van der Waals surface area contributed by atoms with Crippen molar-refractivity contribution in [1.82, 2.24) is 10.6 Å². The minimum Gasteiger partial charge on any atom is -0.315 e. The highest BCUT2D eigenvalue weighted by atomic mass is 15.0. The molecule has 0 amide bonds. The quantitative estimate of drug-likeness (QED) is 0.732. The van der Waals surface area contributed by atoms with E-state index in [9.17, 15) is 0 Å². The van der Waals surface area contributed by atoms with Gasteiger partial charge in [-0.3, -0.25) is 0 Å². The van der Waals surface area contributed by atoms with Crippen molar-refractivity contribution >= 4 is 0 Å². The highest BCUT2D eigenvalue weighted by molar-refractivity contribution is 4.76. The van der Waals surface area contributed by atoms with Gasteiger partial charge in [0.25, 0.3) is 0 Å². The van der Waals surface area contributed by atoms with E-state index in [0.717, 1.165) is 13.1 Å². The van der Waals surface area contributed by atoms with Gasteiger partial charge in [-0.15, -0.1) is 0 Å². The number of hydrogen-bond acceptors (Lipinski definition) is 2. The van der Waals surface area contributed by atoms with Gasteiger partial charge >= 0.3 is 0 Å². The minimum atomic E-state index is 0.449. The highest BCUT2D eigenvalue weighted by Crippen LogP contribution is 2.17. The van der Waals surface area contributed by atoms with Gasteiger partial charge in [0, 0.05) is 19.1 Å². The van der Waals surface area contributed by atoms with Gasteiger partial charge in [-0.2, -0.15) is 0 Å². The fourth-order valence-corrected chi connectivity index (χ4v) is 1.98. The zero-order chi connectivity index (χ0) is 11.1. The van der Waals surface area contributed by atoms with Crippen LogP contribution in [0.3, 0.4) is 0 Å². The third-order valence-corrected chi connectivity index (χ3v) is 3.61. The Labute approximate surface area is 95.2 Å². The largest absolute Gasteiger partial charge is 0.315 e. The molecule has 0 radical (unpaired) electrons. The van der Waals surface area contributed by atoms with Gasteiger partial charge in [0.2, 0.25) is 0 Å². The molecular weight excluding hydrogens is 184 g/mol. The number of nitrogens with one attached hydrogen (secondary N) is 2. The van der Waals surface area contributed by atoms with Crippen molar-refractivity contribution in [3.8, 4) is 0 Å². The summed E-state index contributed by atoms with van der Waals surface area (Å²) in [4.78, 5) is 0. The van der Waals surface area contributed by atoms with Gasteiger partial charge in [0.15, 0.2) is 0 Å². The summed E-state index contributed by atoms with van der Waals surface area (Å²) in [7, 11) is 0. The second-order valence-corrected chi connectivity index (χ2v) is 5.65. The third-order valence-electron chi connectivity index (χ3n) is 3.61. The molecule has 1 heterocycles. The van der Waals surface area contributed by atoms with Crippen LogP contribution in [0.4, 0.5) is 0 Å². The number of rotatable bonds is 5. The lowest BCUT2D eigenvalue weighted by atomic mass is 9.90. The lowest BCUT2D eigenvalue weighted by Gasteiger charge is -2.25. The molecule has 1 rings (SSSR count). The normalized spacial score (nSPS) is 23.8. The summed E-state index contributed by atoms with van der Waals surface area (Å²) in [6, 6.07) is 0.708. The molecule has 1 aliphatic rings. The Balaban J connectivity index is 2.13. The zero-order valence-corrected chi connectivity index (χ0v) is 10.7. The van der Waals surface area contributed by atoms with Crippen LogP contribution in [0, 0.1) is 5.41 Å². The monoisotopic (exact) mass is 212 g/mol. The van der Waals surface area contributed by atoms with Gasteiger partial charge in [-0.1, -0.05) is 33.6 Å². The molecule has 2 N–H and O–H groups in total. The molecule has 15 heavy (non-hydrogen) atoms. The van der Waals surface area contributed by atoms with E-state index < -0.39 is 0 Å². The fourth-order valence-electron chi connectivity index (χ4n) is 1.98. The van der Waals surface area contributed by atoms with E-state index in [-0.39, 0.29) is 0 Å². The average molecular weight is 212 g/mol. The Morgan fingerprint density at radius 1 is 1.27 bits per heavy atom. The molecule has 2 heteroatoms. The molecule has 2 nitrogen and oxygen atoms in total. The van der Waals surface area contributed by atoms with Crippen molar-refractivity contribution in [2.75, 3.05) is 19.6 Å². The van der Waals surface area contributed by atoms with Crippen LogP contribution in [0.15, 0.2) is 0 Å². The van der Waals surface area contributed by atoms with Crippen LogP contribution in [0.2, 0.25) is 0 Å². The average Bonchev–Trinajstić information content (AvgIpc) is 2.46. The highest BCUT2D eigenvalue weighted by Gasteiger charge is 2.16. The molecule has 1 atom stereocenters. The Hall–Kier alpha value is -0.0800. The lowest BCUT2D eigenvalue weighted by Crippen LogP contribution is -2.41. The Kier molecular flexibility index (Phi) is 5.62. The van der Waals surface area contributed by atoms with Crippen LogP contribution >= 0.6 is 0 Å². The van der Waals surface area contributed by atoms with Crippen LogP contribution in [-0.4, -0.2) is 25.7 Å². The van der Waals surface area contributed by atoms with Crippen LogP contribution in [0.1, 0.15) is 52.9 Å². The third kappa shape index (κ3) is 5.53. The molecular formula is C13H28N2. The summed E-state index contributed by atoms with van der Waals surface area (Å²) in [6.45, 7) is 10.4. The summed E-state index contributed by atoms with van der Waals surface area (Å²) < 4.78 is 0. The van der Waals surface area contributed by atoms with Gasteiger partial charge in [0.05, 0.1) is 0 Å². The standard InChI is InChI=1S/C13H28N2/c1-4-13(2,3)11-14-10-12-8-6-5-7-9-15-12/h12,14-15H,4-11H2,1-3H3. The Bertz CT molecular complexity index is 158. The molecule has 0 aliphatic carbocycles. The first kappa shape index (κ1) is 13.0. The van der Waals surface area contributed by atoms with E-state index in [1.54, 1.807) is 0 Å². The maximum Gasteiger partial charge on any atom is 0.0192 e. The molecule has 0 saturated carbocycles. The molecule has 90 valence electrons. The predicted molar refractivity (Wildman–Crippen MR) is 67.2 cm³/mol. The maximum atomic E-state index is 3.62. The van der Waals surface area contributed by atoms with Crippen molar-refractivity contribution in [2.24, 2.45) is 5.41 Å². The van der Waals surface area contributed by atoms with Gasteiger partial charge < -0.3 is 10.6 Å². The van der Waals surface area contributed by atoms with E-state index in [2.05, 4.69) is 31.4 Å². The maximum absolute atomic E-state index is 3.62. The Morgan fingerprint density at radius 2 is 2.07 bits per heavy atom. The van der Waals surface area contributed by atoms with Crippen molar-refractivity contribution in [2.45, 2.75) is 58.9 Å². The first-order valence-corrected chi connectivity index (χ1v) is 6.58. The van der Waals surface area contributed by atoms with Crippen molar-refractivity contribution in [3.63, 3.8) is 0 Å². The summed E-state index contributed by atoms with van der Waals surface area (Å²) >= 11 is 0. The van der Waals surface area contributed by atoms with E-state index >= 15 is 0 Å². The molecule has 0 aromatic rings. The van der Waals surface area contributed by atoms with Crippen LogP contribution in [0.25, 0.3) is 0 Å². The lowest BCUT2D eigenvalue weighted by molar-refractivity contribution is 0.317. The van der Waals surface area contributed by atoms with Crippen LogP contribution < -0.4 is 10.6 Å². The summed E-state index contributed by atoms with van der Waals surface area (Å²) in [5, 5.41) is 7.23. The smallest absolute Gasteiger partial charge is 0.0192 e. The molecule has 1 aliphatic heterocycles. The van der Waals surface area contributed by atoms with E-state index in [4.69, 9.17) is 0 Å². The van der Waals surface area contributed by atoms with E-state index in [0.29, 0.717) is 11.5 Å². The molecule has 0 spiro atoms. The number of hydrogen-bond donors (Lipinski definition) is 2. The Morgan fingerprint density at radius 3 is 2.80 bits per heavy atom. The summed E-state index contributed by atoms with van der Waals surface area (Å²) in [5.41, 5.74) is 0.449. The molecule has 1 fully saturated rings. The van der Waals surface area contributed by atoms with Crippen LogP contribution in [-0.2, 0) is 0 Å². The SMILES string of the molecule is CCC(C)(C)CNCC1CCCCCN1. The summed E-state index contributed by atoms with van der Waals surface area (Å²) in [5.74, 6) is 0. The van der Waals surface area contributed by atoms with Gasteiger partial charge in [-0.25, -0.2) is 0 Å². The van der Waals surface area contributed by atoms with Gasteiger partial charge in [-0.05, 0) is 31.2 Å². The van der Waals surface area contributed by atoms with E-state index in [1.807, 2.05) is 0 Å². The predicted octanol–water partition coefficient (Wildman–Crippen LogP) is 2.54. The molecule has 1 saturated heterocycles. The second-order valence-electron chi connectivity index (χ2n) is 5.65. The first-order valence-electron chi connectivity index (χ1n) is 6.58. The molecule has 0 aromatic heterocycles. The van der Waals surface area contributed by atoms with Crippen molar-refractivity contribution in [1.29, 1.82) is 0 Å². The van der Waals surface area contributed by atoms with Crippen molar-refractivity contribution < 1.29 is 0 Å². The van der Waals surface area contributed by atoms with Crippen molar-refractivity contribution in [3.05, 3.63) is 0 Å². The topological polar surface area (TPSA) is 24.1 Å². The first-order chi connectivity index (χ1) is 7.14. The zero-order valence-electron chi connectivity index (χ0n) is 10.7. The van der Waals surface area contributed by atoms with E-state index in [1.165, 1.54) is 38.6 Å². The molecule has 0 aromatic carbocycles.